The number of halogens is 2. The minimum Gasteiger partial charge on any atom is -0.534 e. The van der Waals surface area contributed by atoms with E-state index in [1.807, 2.05) is 0 Å². The molecule has 2 N–H and O–H groups in total. The molecule has 0 aliphatic carbocycles. The van der Waals surface area contributed by atoms with Gasteiger partial charge in [0, 0.05) is 6.42 Å². The first-order valence-electron chi connectivity index (χ1n) is 7.62. The van der Waals surface area contributed by atoms with E-state index in [2.05, 4.69) is 5.32 Å². The molecule has 9 heteroatoms. The Kier molecular flexibility index (Phi) is 5.43. The third-order valence-corrected chi connectivity index (χ3v) is 3.71. The number of nitrogens with one attached hydrogen (secondary N) is 1. The third kappa shape index (κ3) is 3.67. The van der Waals surface area contributed by atoms with Gasteiger partial charge in [-0.1, -0.05) is 19.1 Å². The minimum atomic E-state index is -3.52. The highest BCUT2D eigenvalue weighted by Crippen LogP contribution is 2.31. The summed E-state index contributed by atoms with van der Waals surface area (Å²) in [6.45, 7) is 3.02. The zero-order valence-electron chi connectivity index (χ0n) is 13.3. The van der Waals surface area contributed by atoms with Crippen LogP contribution in [-0.4, -0.2) is 42.5 Å². The Morgan fingerprint density at radius 3 is 2.79 bits per heavy atom. The molecule has 1 aliphatic rings. The number of esters is 1. The summed E-state index contributed by atoms with van der Waals surface area (Å²) in [6.07, 6.45) is -0.596. The SMILES string of the molecule is CCOC(=O)c1cccc2c1OB(O)[C@@H](NC(=O)C(F)(F)CC)C2. The van der Waals surface area contributed by atoms with Gasteiger partial charge < -0.3 is 19.7 Å². The van der Waals surface area contributed by atoms with Gasteiger partial charge in [-0.2, -0.15) is 8.78 Å². The zero-order chi connectivity index (χ0) is 17.9. The van der Waals surface area contributed by atoms with Crippen molar-refractivity contribution in [3.8, 4) is 5.75 Å². The van der Waals surface area contributed by atoms with E-state index in [4.69, 9.17) is 9.39 Å². The molecular weight excluding hydrogens is 323 g/mol. The minimum absolute atomic E-state index is 0.0509. The molecule has 1 atom stereocenters. The van der Waals surface area contributed by atoms with Crippen molar-refractivity contribution in [2.45, 2.75) is 38.6 Å². The summed E-state index contributed by atoms with van der Waals surface area (Å²) in [5.41, 5.74) is 0.646. The molecule has 0 radical (unpaired) electrons. The Balaban J connectivity index is 2.21. The van der Waals surface area contributed by atoms with Crippen molar-refractivity contribution in [3.63, 3.8) is 0 Å². The van der Waals surface area contributed by atoms with Crippen LogP contribution in [-0.2, 0) is 16.0 Å². The van der Waals surface area contributed by atoms with E-state index in [1.165, 1.54) is 13.0 Å². The molecular formula is C15H18BF2NO5. The first-order valence-corrected chi connectivity index (χ1v) is 7.62. The summed E-state index contributed by atoms with van der Waals surface area (Å²) < 4.78 is 37.0. The quantitative estimate of drug-likeness (QED) is 0.624. The van der Waals surface area contributed by atoms with E-state index in [0.717, 1.165) is 0 Å². The van der Waals surface area contributed by atoms with Gasteiger partial charge in [-0.25, -0.2) is 4.79 Å². The van der Waals surface area contributed by atoms with Gasteiger partial charge in [-0.05, 0) is 25.0 Å². The number of hydrogen-bond donors (Lipinski definition) is 2. The van der Waals surface area contributed by atoms with Gasteiger partial charge in [0.1, 0.15) is 11.3 Å². The standard InChI is InChI=1S/C15H18BF2NO5/c1-3-15(17,18)14(21)19-11-8-9-6-5-7-10(13(20)23-4-2)12(9)24-16(11)22/h5-7,11,22H,3-4,8H2,1-2H3,(H,19,21)/t11-/m0/s1. The Labute approximate surface area is 138 Å². The largest absolute Gasteiger partial charge is 0.547 e. The Morgan fingerprint density at radius 1 is 1.46 bits per heavy atom. The van der Waals surface area contributed by atoms with Crippen LogP contribution >= 0.6 is 0 Å². The lowest BCUT2D eigenvalue weighted by Crippen LogP contribution is -2.56. The second-order valence-electron chi connectivity index (χ2n) is 5.36. The van der Waals surface area contributed by atoms with Gasteiger partial charge in [0.05, 0.1) is 12.5 Å². The van der Waals surface area contributed by atoms with E-state index in [0.29, 0.717) is 5.56 Å². The lowest BCUT2D eigenvalue weighted by molar-refractivity contribution is -0.146. The maximum absolute atomic E-state index is 13.4. The number of rotatable bonds is 5. The molecule has 0 saturated heterocycles. The van der Waals surface area contributed by atoms with Gasteiger partial charge in [0.15, 0.2) is 0 Å². The number of para-hydroxylation sites is 1. The number of hydrogen-bond acceptors (Lipinski definition) is 5. The normalized spacial score (nSPS) is 16.9. The van der Waals surface area contributed by atoms with Crippen molar-refractivity contribution >= 4 is 19.0 Å². The van der Waals surface area contributed by atoms with Crippen LogP contribution in [0.4, 0.5) is 8.78 Å². The van der Waals surface area contributed by atoms with Crippen LogP contribution in [0.2, 0.25) is 0 Å². The van der Waals surface area contributed by atoms with Gasteiger partial charge >= 0.3 is 19.0 Å². The van der Waals surface area contributed by atoms with E-state index in [9.17, 15) is 23.4 Å². The van der Waals surface area contributed by atoms with Crippen LogP contribution in [0.25, 0.3) is 0 Å². The molecule has 0 unspecified atom stereocenters. The molecule has 0 saturated carbocycles. The predicted molar refractivity (Wildman–Crippen MR) is 81.9 cm³/mol. The molecule has 0 spiro atoms. The van der Waals surface area contributed by atoms with Crippen molar-refractivity contribution in [2.24, 2.45) is 0 Å². The van der Waals surface area contributed by atoms with E-state index < -0.39 is 37.3 Å². The van der Waals surface area contributed by atoms with Crippen LogP contribution < -0.4 is 9.97 Å². The molecule has 130 valence electrons. The van der Waals surface area contributed by atoms with Crippen molar-refractivity contribution < 1.29 is 32.8 Å². The highest BCUT2D eigenvalue weighted by Gasteiger charge is 2.43. The number of alkyl halides is 2. The molecule has 0 aromatic heterocycles. The lowest BCUT2D eigenvalue weighted by Gasteiger charge is -2.30. The number of benzene rings is 1. The average Bonchev–Trinajstić information content (AvgIpc) is 2.55. The fourth-order valence-corrected chi connectivity index (χ4v) is 2.35. The number of fused-ring (bicyclic) bond motifs is 1. The smallest absolute Gasteiger partial charge is 0.534 e. The van der Waals surface area contributed by atoms with Crippen molar-refractivity contribution in [3.05, 3.63) is 29.3 Å². The molecule has 0 bridgehead atoms. The highest BCUT2D eigenvalue weighted by atomic mass is 19.3. The first-order chi connectivity index (χ1) is 11.3. The van der Waals surface area contributed by atoms with Crippen LogP contribution in [0.15, 0.2) is 18.2 Å². The molecule has 0 fully saturated rings. The maximum Gasteiger partial charge on any atom is 0.547 e. The van der Waals surface area contributed by atoms with Crippen molar-refractivity contribution in [1.29, 1.82) is 0 Å². The zero-order valence-corrected chi connectivity index (χ0v) is 13.3. The van der Waals surface area contributed by atoms with Crippen LogP contribution in [0.3, 0.4) is 0 Å². The summed E-state index contributed by atoms with van der Waals surface area (Å²) in [5.74, 6) is -6.51. The van der Waals surface area contributed by atoms with Crippen LogP contribution in [0.5, 0.6) is 5.75 Å². The third-order valence-electron chi connectivity index (χ3n) is 3.71. The molecule has 6 nitrogen and oxygen atoms in total. The first kappa shape index (κ1) is 18.2. The van der Waals surface area contributed by atoms with Crippen molar-refractivity contribution in [2.75, 3.05) is 6.61 Å². The van der Waals surface area contributed by atoms with Crippen LogP contribution in [0, 0.1) is 0 Å². The summed E-state index contributed by atoms with van der Waals surface area (Å²) >= 11 is 0. The predicted octanol–water partition coefficient (Wildman–Crippen LogP) is 1.35. The summed E-state index contributed by atoms with van der Waals surface area (Å²) in [6, 6.07) is 4.69. The topological polar surface area (TPSA) is 84.9 Å². The second-order valence-corrected chi connectivity index (χ2v) is 5.36. The Bertz CT molecular complexity index is 640. The van der Waals surface area contributed by atoms with Gasteiger partial charge in [-0.15, -0.1) is 0 Å². The molecule has 1 aromatic rings. The Hall–Kier alpha value is -2.16. The van der Waals surface area contributed by atoms with E-state index in [1.54, 1.807) is 19.1 Å². The molecule has 24 heavy (non-hydrogen) atoms. The van der Waals surface area contributed by atoms with Gasteiger partial charge in [0.25, 0.3) is 5.91 Å². The molecule has 1 heterocycles. The van der Waals surface area contributed by atoms with Crippen molar-refractivity contribution in [1.82, 2.24) is 5.32 Å². The molecule has 1 amide bonds. The van der Waals surface area contributed by atoms with Gasteiger partial charge in [0.2, 0.25) is 0 Å². The number of carbonyl (C=O) groups is 2. The highest BCUT2D eigenvalue weighted by molar-refractivity contribution is 6.47. The number of amides is 1. The Morgan fingerprint density at radius 2 is 2.17 bits per heavy atom. The van der Waals surface area contributed by atoms with E-state index in [-0.39, 0.29) is 24.3 Å². The number of carbonyl (C=O) groups excluding carboxylic acids is 2. The molecule has 1 aromatic carbocycles. The van der Waals surface area contributed by atoms with Gasteiger partial charge in [-0.3, -0.25) is 4.79 Å². The lowest BCUT2D eigenvalue weighted by atomic mass is 9.72. The summed E-state index contributed by atoms with van der Waals surface area (Å²) in [5, 5.41) is 12.1. The monoisotopic (exact) mass is 341 g/mol. The second kappa shape index (κ2) is 7.17. The fourth-order valence-electron chi connectivity index (χ4n) is 2.35. The summed E-state index contributed by atoms with van der Waals surface area (Å²) in [4.78, 5) is 23.5. The summed E-state index contributed by atoms with van der Waals surface area (Å²) in [7, 11) is -1.55. The van der Waals surface area contributed by atoms with Crippen LogP contribution in [0.1, 0.15) is 36.2 Å². The number of ether oxygens (including phenoxy) is 1. The van der Waals surface area contributed by atoms with E-state index >= 15 is 0 Å². The maximum atomic E-state index is 13.4. The average molecular weight is 341 g/mol. The molecule has 1 aliphatic heterocycles. The molecule has 2 rings (SSSR count). The fraction of sp³-hybridized carbons (Fsp3) is 0.467.